The smallest absolute Gasteiger partial charge is 0.223 e. The third kappa shape index (κ3) is 15.0. The standard InChI is InChI=1S/C16H29NO3/c1-14(2)6-5-9-17-16(18)8-11-20-13-12-19-10-7-15(3)4/h14-15H,7-13H2,1-4H3,(H,17,18). The summed E-state index contributed by atoms with van der Waals surface area (Å²) in [7, 11) is 0. The molecule has 0 spiro atoms. The normalized spacial score (nSPS) is 10.5. The van der Waals surface area contributed by atoms with Crippen molar-refractivity contribution in [1.29, 1.82) is 0 Å². The Balaban J connectivity index is 3.30. The van der Waals surface area contributed by atoms with E-state index in [9.17, 15) is 4.79 Å². The Kier molecular flexibility index (Phi) is 12.3. The first-order chi connectivity index (χ1) is 9.52. The summed E-state index contributed by atoms with van der Waals surface area (Å²) in [5.74, 6) is 6.88. The van der Waals surface area contributed by atoms with Crippen molar-refractivity contribution in [2.24, 2.45) is 11.8 Å². The second-order valence-corrected chi connectivity index (χ2v) is 5.41. The molecule has 20 heavy (non-hydrogen) atoms. The highest BCUT2D eigenvalue weighted by Crippen LogP contribution is 1.98. The van der Waals surface area contributed by atoms with Crippen LogP contribution in [0.25, 0.3) is 0 Å². The summed E-state index contributed by atoms with van der Waals surface area (Å²) in [6, 6.07) is 0. The third-order valence-electron chi connectivity index (χ3n) is 2.45. The van der Waals surface area contributed by atoms with Gasteiger partial charge in [-0.05, 0) is 12.3 Å². The molecule has 0 saturated carbocycles. The fourth-order valence-corrected chi connectivity index (χ4v) is 1.29. The minimum Gasteiger partial charge on any atom is -0.379 e. The second kappa shape index (κ2) is 13.0. The van der Waals surface area contributed by atoms with Gasteiger partial charge in [-0.15, -0.1) is 0 Å². The lowest BCUT2D eigenvalue weighted by Gasteiger charge is -2.07. The van der Waals surface area contributed by atoms with E-state index >= 15 is 0 Å². The van der Waals surface area contributed by atoms with Crippen LogP contribution < -0.4 is 5.32 Å². The quantitative estimate of drug-likeness (QED) is 0.494. The van der Waals surface area contributed by atoms with Crippen LogP contribution in [0.1, 0.15) is 40.5 Å². The molecule has 0 unspecified atom stereocenters. The van der Waals surface area contributed by atoms with E-state index < -0.39 is 0 Å². The first kappa shape index (κ1) is 18.9. The number of carbonyl (C=O) groups is 1. The van der Waals surface area contributed by atoms with Crippen molar-refractivity contribution in [3.63, 3.8) is 0 Å². The summed E-state index contributed by atoms with van der Waals surface area (Å²) in [6.45, 7) is 11.1. The summed E-state index contributed by atoms with van der Waals surface area (Å²) in [5, 5.41) is 2.74. The fraction of sp³-hybridized carbons (Fsp3) is 0.812. The highest BCUT2D eigenvalue weighted by Gasteiger charge is 1.99. The maximum Gasteiger partial charge on any atom is 0.223 e. The maximum absolute atomic E-state index is 11.4. The molecule has 4 heteroatoms. The molecule has 116 valence electrons. The maximum atomic E-state index is 11.4. The number of hydrogen-bond donors (Lipinski definition) is 1. The zero-order valence-electron chi connectivity index (χ0n) is 13.3. The number of carbonyl (C=O) groups excluding carboxylic acids is 1. The van der Waals surface area contributed by atoms with Crippen LogP contribution in [0.2, 0.25) is 0 Å². The van der Waals surface area contributed by atoms with Crippen molar-refractivity contribution < 1.29 is 14.3 Å². The molecule has 0 aliphatic carbocycles. The average molecular weight is 283 g/mol. The Bertz CT molecular complexity index is 303. The highest BCUT2D eigenvalue weighted by molar-refractivity contribution is 5.76. The Morgan fingerprint density at radius 3 is 2.30 bits per heavy atom. The van der Waals surface area contributed by atoms with Crippen LogP contribution in [0.15, 0.2) is 0 Å². The molecular formula is C16H29NO3. The molecular weight excluding hydrogens is 254 g/mol. The molecule has 0 bridgehead atoms. The minimum atomic E-state index is -0.0243. The summed E-state index contributed by atoms with van der Waals surface area (Å²) in [4.78, 5) is 11.4. The lowest BCUT2D eigenvalue weighted by molar-refractivity contribution is -0.122. The molecule has 0 aromatic rings. The van der Waals surface area contributed by atoms with E-state index in [-0.39, 0.29) is 5.91 Å². The van der Waals surface area contributed by atoms with Crippen molar-refractivity contribution >= 4 is 5.91 Å². The molecule has 0 radical (unpaired) electrons. The van der Waals surface area contributed by atoms with Gasteiger partial charge < -0.3 is 14.8 Å². The molecule has 0 fully saturated rings. The molecule has 0 saturated heterocycles. The minimum absolute atomic E-state index is 0.0243. The van der Waals surface area contributed by atoms with Gasteiger partial charge in [-0.25, -0.2) is 0 Å². The van der Waals surface area contributed by atoms with Crippen LogP contribution in [-0.2, 0) is 14.3 Å². The zero-order valence-corrected chi connectivity index (χ0v) is 13.3. The van der Waals surface area contributed by atoms with Crippen molar-refractivity contribution in [2.75, 3.05) is 33.0 Å². The van der Waals surface area contributed by atoms with Gasteiger partial charge in [0.15, 0.2) is 0 Å². The fourth-order valence-electron chi connectivity index (χ4n) is 1.29. The molecule has 0 aliphatic heterocycles. The largest absolute Gasteiger partial charge is 0.379 e. The third-order valence-corrected chi connectivity index (χ3v) is 2.45. The monoisotopic (exact) mass is 283 g/mol. The number of hydrogen-bond acceptors (Lipinski definition) is 3. The SMILES string of the molecule is CC(C)C#CCNC(=O)CCOCCOCCC(C)C. The number of amides is 1. The topological polar surface area (TPSA) is 47.6 Å². The summed E-state index contributed by atoms with van der Waals surface area (Å²) >= 11 is 0. The molecule has 0 aliphatic rings. The molecule has 0 aromatic carbocycles. The summed E-state index contributed by atoms with van der Waals surface area (Å²) < 4.78 is 10.7. The Morgan fingerprint density at radius 1 is 1.05 bits per heavy atom. The van der Waals surface area contributed by atoms with E-state index in [0.29, 0.717) is 44.6 Å². The van der Waals surface area contributed by atoms with Crippen molar-refractivity contribution in [3.8, 4) is 11.8 Å². The van der Waals surface area contributed by atoms with E-state index in [1.54, 1.807) is 0 Å². The van der Waals surface area contributed by atoms with Crippen LogP contribution in [0.4, 0.5) is 0 Å². The van der Waals surface area contributed by atoms with Crippen molar-refractivity contribution in [2.45, 2.75) is 40.5 Å². The highest BCUT2D eigenvalue weighted by atomic mass is 16.5. The zero-order chi connectivity index (χ0) is 15.2. The van der Waals surface area contributed by atoms with Gasteiger partial charge in [-0.1, -0.05) is 39.5 Å². The van der Waals surface area contributed by atoms with E-state index in [2.05, 4.69) is 31.0 Å². The van der Waals surface area contributed by atoms with Gasteiger partial charge in [0.1, 0.15) is 0 Å². The van der Waals surface area contributed by atoms with E-state index in [1.165, 1.54) is 0 Å². The van der Waals surface area contributed by atoms with Gasteiger partial charge in [-0.3, -0.25) is 4.79 Å². The molecule has 1 N–H and O–H groups in total. The molecule has 0 aromatic heterocycles. The molecule has 1 amide bonds. The molecule has 0 atom stereocenters. The second-order valence-electron chi connectivity index (χ2n) is 5.41. The van der Waals surface area contributed by atoms with Crippen LogP contribution >= 0.6 is 0 Å². The van der Waals surface area contributed by atoms with Gasteiger partial charge in [0.2, 0.25) is 5.91 Å². The van der Waals surface area contributed by atoms with E-state index in [1.807, 2.05) is 13.8 Å². The van der Waals surface area contributed by atoms with Gasteiger partial charge in [0, 0.05) is 18.9 Å². The van der Waals surface area contributed by atoms with Crippen LogP contribution in [0.3, 0.4) is 0 Å². The number of nitrogens with one attached hydrogen (secondary N) is 1. The predicted molar refractivity (Wildman–Crippen MR) is 81.3 cm³/mol. The van der Waals surface area contributed by atoms with Gasteiger partial charge in [-0.2, -0.15) is 0 Å². The Morgan fingerprint density at radius 2 is 1.70 bits per heavy atom. The average Bonchev–Trinajstić information content (AvgIpc) is 2.37. The lowest BCUT2D eigenvalue weighted by Crippen LogP contribution is -2.25. The first-order valence-electron chi connectivity index (χ1n) is 7.43. The van der Waals surface area contributed by atoms with Gasteiger partial charge in [0.05, 0.1) is 26.4 Å². The lowest BCUT2D eigenvalue weighted by atomic mass is 10.1. The molecule has 4 nitrogen and oxygen atoms in total. The van der Waals surface area contributed by atoms with E-state index in [4.69, 9.17) is 9.47 Å². The first-order valence-corrected chi connectivity index (χ1v) is 7.43. The number of rotatable bonds is 10. The molecule has 0 heterocycles. The van der Waals surface area contributed by atoms with Crippen LogP contribution in [0.5, 0.6) is 0 Å². The summed E-state index contributed by atoms with van der Waals surface area (Å²) in [6.07, 6.45) is 1.44. The van der Waals surface area contributed by atoms with Crippen molar-refractivity contribution in [3.05, 3.63) is 0 Å². The predicted octanol–water partition coefficient (Wildman–Crippen LogP) is 2.23. The van der Waals surface area contributed by atoms with Crippen molar-refractivity contribution in [1.82, 2.24) is 5.32 Å². The van der Waals surface area contributed by atoms with Crippen LogP contribution in [0, 0.1) is 23.7 Å². The summed E-state index contributed by atoms with van der Waals surface area (Å²) in [5.41, 5.74) is 0. The number of ether oxygens (including phenoxy) is 2. The van der Waals surface area contributed by atoms with E-state index in [0.717, 1.165) is 13.0 Å². The Hall–Kier alpha value is -1.05. The van der Waals surface area contributed by atoms with Gasteiger partial charge in [0.25, 0.3) is 0 Å². The molecule has 0 rings (SSSR count). The van der Waals surface area contributed by atoms with Gasteiger partial charge >= 0.3 is 0 Å². The van der Waals surface area contributed by atoms with Crippen LogP contribution in [-0.4, -0.2) is 38.9 Å². The Labute approximate surface area is 123 Å².